The summed E-state index contributed by atoms with van der Waals surface area (Å²) >= 11 is 0. The van der Waals surface area contributed by atoms with Gasteiger partial charge in [-0.05, 0) is 35.4 Å². The van der Waals surface area contributed by atoms with Gasteiger partial charge in [-0.3, -0.25) is 0 Å². The SMILES string of the molecule is CN(c1ccc2nnnn2n1)C1CCC2(CC1)OCCO2. The molecule has 0 unspecified atom stereocenters. The minimum absolute atomic E-state index is 0.315. The van der Waals surface area contributed by atoms with Crippen molar-refractivity contribution in [2.24, 2.45) is 0 Å². The Hall–Kier alpha value is -1.80. The molecular formula is C13H18N6O2. The second-order valence-electron chi connectivity index (χ2n) is 5.67. The van der Waals surface area contributed by atoms with Gasteiger partial charge < -0.3 is 14.4 Å². The van der Waals surface area contributed by atoms with E-state index in [2.05, 4.69) is 32.6 Å². The van der Waals surface area contributed by atoms with Crippen LogP contribution in [0.15, 0.2) is 12.1 Å². The number of rotatable bonds is 2. The van der Waals surface area contributed by atoms with Crippen molar-refractivity contribution in [3.63, 3.8) is 0 Å². The van der Waals surface area contributed by atoms with Crippen LogP contribution in [0.5, 0.6) is 0 Å². The second kappa shape index (κ2) is 4.88. The van der Waals surface area contributed by atoms with Crippen molar-refractivity contribution in [3.8, 4) is 0 Å². The fourth-order valence-electron chi connectivity index (χ4n) is 3.23. The van der Waals surface area contributed by atoms with E-state index >= 15 is 0 Å². The van der Waals surface area contributed by atoms with Crippen molar-refractivity contribution in [1.29, 1.82) is 0 Å². The van der Waals surface area contributed by atoms with Gasteiger partial charge in [0.15, 0.2) is 17.3 Å². The Bertz CT molecular complexity index is 628. The van der Waals surface area contributed by atoms with E-state index in [0.29, 0.717) is 11.7 Å². The second-order valence-corrected chi connectivity index (χ2v) is 5.67. The molecule has 0 aromatic carbocycles. The molecule has 0 radical (unpaired) electrons. The topological polar surface area (TPSA) is 77.7 Å². The summed E-state index contributed by atoms with van der Waals surface area (Å²) in [4.78, 5) is 2.20. The van der Waals surface area contributed by atoms with Gasteiger partial charge in [0, 0.05) is 25.9 Å². The van der Waals surface area contributed by atoms with Gasteiger partial charge in [0.2, 0.25) is 0 Å². The summed E-state index contributed by atoms with van der Waals surface area (Å²) < 4.78 is 13.0. The van der Waals surface area contributed by atoms with Gasteiger partial charge in [-0.15, -0.1) is 14.8 Å². The number of fused-ring (bicyclic) bond motifs is 1. The number of anilines is 1. The maximum atomic E-state index is 5.78. The molecule has 1 aliphatic heterocycles. The fraction of sp³-hybridized carbons (Fsp3) is 0.692. The smallest absolute Gasteiger partial charge is 0.200 e. The third-order valence-corrected chi connectivity index (χ3v) is 4.50. The van der Waals surface area contributed by atoms with Crippen LogP contribution in [0.3, 0.4) is 0 Å². The molecule has 3 heterocycles. The number of ether oxygens (including phenoxy) is 2. The van der Waals surface area contributed by atoms with Crippen molar-refractivity contribution in [2.75, 3.05) is 25.2 Å². The number of tetrazole rings is 1. The first-order valence-electron chi connectivity index (χ1n) is 7.32. The summed E-state index contributed by atoms with van der Waals surface area (Å²) in [6.45, 7) is 1.44. The molecule has 8 nitrogen and oxygen atoms in total. The first-order chi connectivity index (χ1) is 10.3. The minimum Gasteiger partial charge on any atom is -0.355 e. The van der Waals surface area contributed by atoms with E-state index in [1.165, 1.54) is 4.63 Å². The summed E-state index contributed by atoms with van der Waals surface area (Å²) in [7, 11) is 2.07. The van der Waals surface area contributed by atoms with Crippen LogP contribution in [-0.2, 0) is 9.47 Å². The minimum atomic E-state index is -0.315. The molecule has 0 N–H and O–H groups in total. The number of aromatic nitrogens is 5. The zero-order valence-electron chi connectivity index (χ0n) is 12.0. The van der Waals surface area contributed by atoms with Crippen LogP contribution in [0.1, 0.15) is 25.7 Å². The zero-order valence-corrected chi connectivity index (χ0v) is 12.0. The van der Waals surface area contributed by atoms with Crippen LogP contribution >= 0.6 is 0 Å². The molecule has 1 spiro atoms. The van der Waals surface area contributed by atoms with Crippen molar-refractivity contribution < 1.29 is 9.47 Å². The van der Waals surface area contributed by atoms with Crippen LogP contribution in [0, 0.1) is 0 Å². The van der Waals surface area contributed by atoms with E-state index in [0.717, 1.165) is 44.7 Å². The summed E-state index contributed by atoms with van der Waals surface area (Å²) in [5.41, 5.74) is 0.655. The van der Waals surface area contributed by atoms with Gasteiger partial charge in [-0.1, -0.05) is 0 Å². The maximum Gasteiger partial charge on any atom is 0.200 e. The van der Waals surface area contributed by atoms with Crippen molar-refractivity contribution in [3.05, 3.63) is 12.1 Å². The molecule has 2 fully saturated rings. The molecule has 2 aromatic heterocycles. The lowest BCUT2D eigenvalue weighted by atomic mass is 9.89. The van der Waals surface area contributed by atoms with Crippen molar-refractivity contribution in [1.82, 2.24) is 25.3 Å². The first kappa shape index (κ1) is 12.9. The molecule has 1 saturated carbocycles. The van der Waals surface area contributed by atoms with Gasteiger partial charge in [0.1, 0.15) is 0 Å². The van der Waals surface area contributed by atoms with Gasteiger partial charge in [-0.25, -0.2) is 0 Å². The van der Waals surface area contributed by atoms with E-state index in [-0.39, 0.29) is 5.79 Å². The normalized spacial score (nSPS) is 22.1. The molecule has 0 atom stereocenters. The van der Waals surface area contributed by atoms with E-state index in [1.807, 2.05) is 12.1 Å². The third-order valence-electron chi connectivity index (χ3n) is 4.50. The molecule has 1 saturated heterocycles. The largest absolute Gasteiger partial charge is 0.355 e. The lowest BCUT2D eigenvalue weighted by Gasteiger charge is -2.39. The molecule has 21 heavy (non-hydrogen) atoms. The van der Waals surface area contributed by atoms with Crippen LogP contribution in [0.2, 0.25) is 0 Å². The Labute approximate surface area is 122 Å². The number of nitrogens with zero attached hydrogens (tertiary/aromatic N) is 6. The molecule has 0 amide bonds. The lowest BCUT2D eigenvalue weighted by molar-refractivity contribution is -0.178. The molecule has 112 valence electrons. The van der Waals surface area contributed by atoms with Crippen LogP contribution in [0.4, 0.5) is 5.82 Å². The Morgan fingerprint density at radius 2 is 2.00 bits per heavy atom. The van der Waals surface area contributed by atoms with Gasteiger partial charge in [0.25, 0.3) is 0 Å². The third kappa shape index (κ3) is 2.24. The number of hydrogen-bond donors (Lipinski definition) is 0. The molecular weight excluding hydrogens is 272 g/mol. The predicted molar refractivity (Wildman–Crippen MR) is 73.9 cm³/mol. The molecule has 2 aliphatic rings. The summed E-state index contributed by atoms with van der Waals surface area (Å²) in [5.74, 6) is 0.564. The van der Waals surface area contributed by atoms with Gasteiger partial charge >= 0.3 is 0 Å². The van der Waals surface area contributed by atoms with Gasteiger partial charge in [-0.2, -0.15) is 0 Å². The highest BCUT2D eigenvalue weighted by Crippen LogP contribution is 2.37. The highest BCUT2D eigenvalue weighted by Gasteiger charge is 2.41. The predicted octanol–water partition coefficient (Wildman–Crippen LogP) is 0.641. The Morgan fingerprint density at radius 1 is 1.24 bits per heavy atom. The monoisotopic (exact) mass is 290 g/mol. The Kier molecular flexibility index (Phi) is 3.00. The standard InChI is InChI=1S/C13H18N6O2/c1-18(12-3-2-11-14-16-17-19(11)15-12)10-4-6-13(7-5-10)20-8-9-21-13/h2-3,10H,4-9H2,1H3. The van der Waals surface area contributed by atoms with Crippen molar-refractivity contribution in [2.45, 2.75) is 37.5 Å². The van der Waals surface area contributed by atoms with E-state index in [1.54, 1.807) is 0 Å². The fourth-order valence-corrected chi connectivity index (χ4v) is 3.23. The Balaban J connectivity index is 1.48. The molecule has 1 aliphatic carbocycles. The van der Waals surface area contributed by atoms with Crippen LogP contribution in [-0.4, -0.2) is 57.3 Å². The molecule has 8 heteroatoms. The average molecular weight is 290 g/mol. The van der Waals surface area contributed by atoms with E-state index in [4.69, 9.17) is 9.47 Å². The first-order valence-corrected chi connectivity index (χ1v) is 7.32. The highest BCUT2D eigenvalue weighted by atomic mass is 16.7. The highest BCUT2D eigenvalue weighted by molar-refractivity contribution is 5.44. The molecule has 4 rings (SSSR count). The summed E-state index contributed by atoms with van der Waals surface area (Å²) in [6, 6.07) is 4.27. The van der Waals surface area contributed by atoms with Crippen LogP contribution < -0.4 is 4.90 Å². The Morgan fingerprint density at radius 3 is 2.76 bits per heavy atom. The van der Waals surface area contributed by atoms with E-state index < -0.39 is 0 Å². The van der Waals surface area contributed by atoms with E-state index in [9.17, 15) is 0 Å². The lowest BCUT2D eigenvalue weighted by Crippen LogP contribution is -2.43. The quantitative estimate of drug-likeness (QED) is 0.803. The maximum absolute atomic E-state index is 5.78. The number of hydrogen-bond acceptors (Lipinski definition) is 7. The summed E-state index contributed by atoms with van der Waals surface area (Å²) in [6.07, 6.45) is 3.95. The zero-order chi connectivity index (χ0) is 14.3. The van der Waals surface area contributed by atoms with Crippen LogP contribution in [0.25, 0.3) is 5.65 Å². The van der Waals surface area contributed by atoms with Gasteiger partial charge in [0.05, 0.1) is 13.2 Å². The average Bonchev–Trinajstić information content (AvgIpc) is 3.16. The molecule has 2 aromatic rings. The molecule has 0 bridgehead atoms. The summed E-state index contributed by atoms with van der Waals surface area (Å²) in [5, 5.41) is 15.8. The van der Waals surface area contributed by atoms with Crippen molar-refractivity contribution >= 4 is 11.5 Å².